The smallest absolute Gasteiger partial charge is 0.127 e. The fourth-order valence-corrected chi connectivity index (χ4v) is 2.56. The molecule has 1 aliphatic heterocycles. The quantitative estimate of drug-likeness (QED) is 0.813. The summed E-state index contributed by atoms with van der Waals surface area (Å²) in [5.74, 6) is 2.26. The monoisotopic (exact) mass is 251 g/mol. The van der Waals surface area contributed by atoms with Crippen LogP contribution >= 0.6 is 11.8 Å². The number of ether oxygens (including phenoxy) is 1. The second kappa shape index (κ2) is 5.32. The van der Waals surface area contributed by atoms with E-state index in [9.17, 15) is 0 Å². The maximum atomic E-state index is 6.04. The maximum absolute atomic E-state index is 6.04. The van der Waals surface area contributed by atoms with Gasteiger partial charge in [0.1, 0.15) is 11.4 Å². The molecule has 3 heteroatoms. The zero-order valence-corrected chi connectivity index (χ0v) is 11.7. The Balaban J connectivity index is 2.03. The first-order valence-electron chi connectivity index (χ1n) is 6.12. The fraction of sp³-hybridized carbons (Fsp3) is 0.571. The Morgan fingerprint density at radius 1 is 1.41 bits per heavy atom. The lowest BCUT2D eigenvalue weighted by molar-refractivity contribution is 0.137. The molecule has 1 heterocycles. The van der Waals surface area contributed by atoms with Gasteiger partial charge >= 0.3 is 0 Å². The van der Waals surface area contributed by atoms with Crippen molar-refractivity contribution in [3.8, 4) is 5.75 Å². The lowest BCUT2D eigenvalue weighted by atomic mass is 10.0. The summed E-state index contributed by atoms with van der Waals surface area (Å²) < 4.78 is 6.04. The molecule has 0 bridgehead atoms. The molecule has 17 heavy (non-hydrogen) atoms. The number of para-hydroxylation sites is 1. The Labute approximate surface area is 108 Å². The summed E-state index contributed by atoms with van der Waals surface area (Å²) in [5, 5.41) is 3.46. The van der Waals surface area contributed by atoms with Crippen LogP contribution in [0.4, 0.5) is 0 Å². The van der Waals surface area contributed by atoms with Gasteiger partial charge in [-0.1, -0.05) is 18.2 Å². The number of hydrogen-bond donors (Lipinski definition) is 1. The van der Waals surface area contributed by atoms with Crippen molar-refractivity contribution < 1.29 is 4.74 Å². The van der Waals surface area contributed by atoms with Crippen LogP contribution in [0.3, 0.4) is 0 Å². The van der Waals surface area contributed by atoms with Crippen LogP contribution in [0.2, 0.25) is 0 Å². The topological polar surface area (TPSA) is 21.3 Å². The van der Waals surface area contributed by atoms with Crippen LogP contribution in [0.15, 0.2) is 18.2 Å². The predicted molar refractivity (Wildman–Crippen MR) is 74.9 cm³/mol. The number of rotatable bonds is 5. The molecule has 0 fully saturated rings. The Morgan fingerprint density at radius 3 is 3.00 bits per heavy atom. The molecule has 0 amide bonds. The van der Waals surface area contributed by atoms with Crippen LogP contribution in [-0.2, 0) is 13.0 Å². The molecule has 1 aliphatic rings. The average Bonchev–Trinajstić information content (AvgIpc) is 2.59. The number of benzene rings is 1. The van der Waals surface area contributed by atoms with E-state index >= 15 is 0 Å². The highest BCUT2D eigenvalue weighted by molar-refractivity contribution is 7.98. The summed E-state index contributed by atoms with van der Waals surface area (Å²) in [7, 11) is 0. The summed E-state index contributed by atoms with van der Waals surface area (Å²) in [6.45, 7) is 6.25. The molecular weight excluding hydrogens is 230 g/mol. The predicted octanol–water partition coefficient (Wildman–Crippen LogP) is 2.85. The van der Waals surface area contributed by atoms with E-state index in [1.165, 1.54) is 11.1 Å². The van der Waals surface area contributed by atoms with Gasteiger partial charge < -0.3 is 10.1 Å². The van der Waals surface area contributed by atoms with Gasteiger partial charge in [-0.3, -0.25) is 0 Å². The Kier molecular flexibility index (Phi) is 4.00. The molecule has 1 N–H and O–H groups in total. The average molecular weight is 251 g/mol. The van der Waals surface area contributed by atoms with Crippen LogP contribution in [0.25, 0.3) is 0 Å². The van der Waals surface area contributed by atoms with Crippen molar-refractivity contribution in [2.24, 2.45) is 0 Å². The van der Waals surface area contributed by atoms with Crippen LogP contribution in [0.5, 0.6) is 5.75 Å². The van der Waals surface area contributed by atoms with Crippen molar-refractivity contribution in [1.82, 2.24) is 5.32 Å². The molecule has 1 aromatic carbocycles. The van der Waals surface area contributed by atoms with Crippen molar-refractivity contribution in [3.63, 3.8) is 0 Å². The van der Waals surface area contributed by atoms with Gasteiger partial charge in [-0.2, -0.15) is 11.8 Å². The zero-order valence-electron chi connectivity index (χ0n) is 10.9. The number of thioether (sulfide) groups is 1. The highest BCUT2D eigenvalue weighted by Crippen LogP contribution is 2.37. The zero-order chi connectivity index (χ0) is 12.3. The third-order valence-electron chi connectivity index (χ3n) is 2.97. The van der Waals surface area contributed by atoms with E-state index < -0.39 is 0 Å². The normalized spacial score (nSPS) is 16.6. The summed E-state index contributed by atoms with van der Waals surface area (Å²) in [6.07, 6.45) is 3.15. The minimum atomic E-state index is -0.0439. The van der Waals surface area contributed by atoms with E-state index in [0.29, 0.717) is 0 Å². The van der Waals surface area contributed by atoms with Gasteiger partial charge in [0.25, 0.3) is 0 Å². The van der Waals surface area contributed by atoms with Crippen molar-refractivity contribution >= 4 is 11.8 Å². The first kappa shape index (κ1) is 12.8. The van der Waals surface area contributed by atoms with Crippen LogP contribution in [-0.4, -0.2) is 24.2 Å². The van der Waals surface area contributed by atoms with Crippen molar-refractivity contribution in [2.75, 3.05) is 18.6 Å². The van der Waals surface area contributed by atoms with Gasteiger partial charge in [-0.05, 0) is 25.7 Å². The largest absolute Gasteiger partial charge is 0.487 e. The fourth-order valence-electron chi connectivity index (χ4n) is 2.22. The lowest BCUT2D eigenvalue weighted by Gasteiger charge is -2.18. The molecule has 0 saturated carbocycles. The molecule has 1 aromatic rings. The molecule has 0 atom stereocenters. The lowest BCUT2D eigenvalue weighted by Crippen LogP contribution is -2.25. The van der Waals surface area contributed by atoms with E-state index in [-0.39, 0.29) is 5.60 Å². The standard InChI is InChI=1S/C14H21NOS/c1-14(2)9-11-5-4-6-12(13(11)16-14)10-15-7-8-17-3/h4-6,15H,7-10H2,1-3H3. The SMILES string of the molecule is CSCCNCc1cccc2c1OC(C)(C)C2. The maximum Gasteiger partial charge on any atom is 0.127 e. The third-order valence-corrected chi connectivity index (χ3v) is 3.58. The molecule has 0 aliphatic carbocycles. The number of fused-ring (bicyclic) bond motifs is 1. The van der Waals surface area contributed by atoms with Gasteiger partial charge in [0.05, 0.1) is 0 Å². The summed E-state index contributed by atoms with van der Waals surface area (Å²) in [4.78, 5) is 0. The Hall–Kier alpha value is -0.670. The van der Waals surface area contributed by atoms with Crippen LogP contribution < -0.4 is 10.1 Å². The van der Waals surface area contributed by atoms with Gasteiger partial charge in [0.15, 0.2) is 0 Å². The van der Waals surface area contributed by atoms with Gasteiger partial charge in [0, 0.05) is 30.8 Å². The minimum Gasteiger partial charge on any atom is -0.487 e. The van der Waals surface area contributed by atoms with Crippen molar-refractivity contribution in [3.05, 3.63) is 29.3 Å². The number of nitrogens with one attached hydrogen (secondary N) is 1. The summed E-state index contributed by atoms with van der Waals surface area (Å²) in [6, 6.07) is 6.47. The Bertz CT molecular complexity index is 390. The Morgan fingerprint density at radius 2 is 2.24 bits per heavy atom. The van der Waals surface area contributed by atoms with Crippen LogP contribution in [0, 0.1) is 0 Å². The van der Waals surface area contributed by atoms with Crippen molar-refractivity contribution in [1.29, 1.82) is 0 Å². The first-order chi connectivity index (χ1) is 8.12. The van der Waals surface area contributed by atoms with Gasteiger partial charge in [0.2, 0.25) is 0 Å². The molecule has 0 spiro atoms. The van der Waals surface area contributed by atoms with Crippen LogP contribution in [0.1, 0.15) is 25.0 Å². The van der Waals surface area contributed by atoms with E-state index in [0.717, 1.165) is 31.0 Å². The molecule has 0 unspecified atom stereocenters. The first-order valence-corrected chi connectivity index (χ1v) is 7.51. The molecule has 0 saturated heterocycles. The molecule has 2 nitrogen and oxygen atoms in total. The second-order valence-corrected chi connectivity index (χ2v) is 6.10. The van der Waals surface area contributed by atoms with Gasteiger partial charge in [-0.15, -0.1) is 0 Å². The highest BCUT2D eigenvalue weighted by atomic mass is 32.2. The summed E-state index contributed by atoms with van der Waals surface area (Å²) >= 11 is 1.87. The molecule has 0 aromatic heterocycles. The van der Waals surface area contributed by atoms with E-state index in [4.69, 9.17) is 4.74 Å². The molecule has 94 valence electrons. The second-order valence-electron chi connectivity index (χ2n) is 5.11. The van der Waals surface area contributed by atoms with E-state index in [2.05, 4.69) is 43.6 Å². The third kappa shape index (κ3) is 3.17. The molecule has 2 rings (SSSR count). The van der Waals surface area contributed by atoms with Gasteiger partial charge in [-0.25, -0.2) is 0 Å². The molecular formula is C14H21NOS. The minimum absolute atomic E-state index is 0.0439. The number of hydrogen-bond acceptors (Lipinski definition) is 3. The summed E-state index contributed by atoms with van der Waals surface area (Å²) in [5.41, 5.74) is 2.59. The highest BCUT2D eigenvalue weighted by Gasteiger charge is 2.31. The van der Waals surface area contributed by atoms with Crippen molar-refractivity contribution in [2.45, 2.75) is 32.4 Å². The van der Waals surface area contributed by atoms with E-state index in [1.54, 1.807) is 0 Å². The molecule has 0 radical (unpaired) electrons. The van der Waals surface area contributed by atoms with E-state index in [1.807, 2.05) is 11.8 Å².